The van der Waals surface area contributed by atoms with Crippen LogP contribution in [0, 0.1) is 10.1 Å². The van der Waals surface area contributed by atoms with Crippen LogP contribution in [0.25, 0.3) is 0 Å². The molecular formula is C9H11BrN2O3. The van der Waals surface area contributed by atoms with E-state index in [4.69, 9.17) is 4.84 Å². The van der Waals surface area contributed by atoms with Gasteiger partial charge in [0.1, 0.15) is 0 Å². The van der Waals surface area contributed by atoms with Crippen LogP contribution in [-0.4, -0.2) is 11.5 Å². The van der Waals surface area contributed by atoms with Crippen LogP contribution in [0.15, 0.2) is 22.7 Å². The van der Waals surface area contributed by atoms with Crippen molar-refractivity contribution in [3.8, 4) is 0 Å². The van der Waals surface area contributed by atoms with Gasteiger partial charge in [0.05, 0.1) is 18.1 Å². The maximum absolute atomic E-state index is 10.7. The van der Waals surface area contributed by atoms with Crippen molar-refractivity contribution in [3.63, 3.8) is 0 Å². The van der Waals surface area contributed by atoms with Gasteiger partial charge in [0.15, 0.2) is 0 Å². The molecule has 1 N–H and O–H groups in total. The Kier molecular flexibility index (Phi) is 4.67. The lowest BCUT2D eigenvalue weighted by Crippen LogP contribution is -2.14. The van der Waals surface area contributed by atoms with Crippen molar-refractivity contribution >= 4 is 21.6 Å². The van der Waals surface area contributed by atoms with Crippen molar-refractivity contribution < 1.29 is 9.76 Å². The summed E-state index contributed by atoms with van der Waals surface area (Å²) in [6.45, 7) is 2.67. The molecule has 1 aromatic carbocycles. The fraction of sp³-hybridized carbons (Fsp3) is 0.333. The molecule has 0 radical (unpaired) electrons. The molecule has 0 heterocycles. The highest BCUT2D eigenvalue weighted by Gasteiger charge is 2.13. The van der Waals surface area contributed by atoms with Gasteiger partial charge in [0, 0.05) is 16.1 Å². The van der Waals surface area contributed by atoms with Crippen molar-refractivity contribution in [2.24, 2.45) is 0 Å². The quantitative estimate of drug-likeness (QED) is 0.509. The molecule has 0 saturated carbocycles. The van der Waals surface area contributed by atoms with E-state index in [0.29, 0.717) is 23.2 Å². The minimum atomic E-state index is -0.409. The van der Waals surface area contributed by atoms with Crippen molar-refractivity contribution in [1.29, 1.82) is 0 Å². The first kappa shape index (κ1) is 12.1. The van der Waals surface area contributed by atoms with Crippen LogP contribution >= 0.6 is 15.9 Å². The number of halogens is 1. The minimum absolute atomic E-state index is 0.0802. The summed E-state index contributed by atoms with van der Waals surface area (Å²) in [5.41, 5.74) is 3.32. The summed E-state index contributed by atoms with van der Waals surface area (Å²) in [5.74, 6) is 0. The number of hydrogen-bond acceptors (Lipinski definition) is 4. The molecule has 0 aromatic heterocycles. The van der Waals surface area contributed by atoms with E-state index in [2.05, 4.69) is 21.4 Å². The van der Waals surface area contributed by atoms with Crippen LogP contribution in [-0.2, 0) is 11.4 Å². The van der Waals surface area contributed by atoms with Gasteiger partial charge in [-0.2, -0.15) is 5.48 Å². The molecule has 0 fully saturated rings. The van der Waals surface area contributed by atoms with Crippen molar-refractivity contribution in [3.05, 3.63) is 38.3 Å². The lowest BCUT2D eigenvalue weighted by Gasteiger charge is -2.04. The molecule has 0 aliphatic heterocycles. The molecular weight excluding hydrogens is 264 g/mol. The van der Waals surface area contributed by atoms with Gasteiger partial charge in [-0.15, -0.1) is 0 Å². The van der Waals surface area contributed by atoms with E-state index in [1.54, 1.807) is 12.1 Å². The average Bonchev–Trinajstić information content (AvgIpc) is 2.20. The fourth-order valence-electron chi connectivity index (χ4n) is 1.09. The molecule has 1 aromatic rings. The number of nitrogens with one attached hydrogen (secondary N) is 1. The molecule has 1 rings (SSSR count). The predicted molar refractivity (Wildman–Crippen MR) is 59.3 cm³/mol. The summed E-state index contributed by atoms with van der Waals surface area (Å²) in [4.78, 5) is 15.2. The van der Waals surface area contributed by atoms with E-state index < -0.39 is 4.92 Å². The van der Waals surface area contributed by atoms with Crippen molar-refractivity contribution in [1.82, 2.24) is 5.48 Å². The first-order chi connectivity index (χ1) is 7.15. The smallest absolute Gasteiger partial charge is 0.275 e. The normalized spacial score (nSPS) is 10.3. The maximum atomic E-state index is 10.7. The molecule has 6 heteroatoms. The number of rotatable bonds is 5. The van der Waals surface area contributed by atoms with Gasteiger partial charge in [0.2, 0.25) is 0 Å². The predicted octanol–water partition coefficient (Wildman–Crippen LogP) is 2.40. The average molecular weight is 275 g/mol. The Bertz CT molecular complexity index is 357. The third-order valence-electron chi connectivity index (χ3n) is 1.75. The van der Waals surface area contributed by atoms with Crippen LogP contribution in [0.3, 0.4) is 0 Å². The van der Waals surface area contributed by atoms with Gasteiger partial charge >= 0.3 is 0 Å². The zero-order valence-electron chi connectivity index (χ0n) is 8.20. The lowest BCUT2D eigenvalue weighted by atomic mass is 10.2. The molecule has 15 heavy (non-hydrogen) atoms. The second-order valence-electron chi connectivity index (χ2n) is 2.78. The molecule has 0 unspecified atom stereocenters. The summed E-state index contributed by atoms with van der Waals surface area (Å²) in [6.07, 6.45) is 0. The highest BCUT2D eigenvalue weighted by molar-refractivity contribution is 9.10. The van der Waals surface area contributed by atoms with Gasteiger partial charge in [-0.3, -0.25) is 10.1 Å². The second kappa shape index (κ2) is 5.79. The standard InChI is InChI=1S/C9H11BrN2O3/c1-2-15-11-6-7-3-4-8(10)5-9(7)12(13)14/h3-5,11H,2,6H2,1H3. The number of nitrogens with zero attached hydrogens (tertiary/aromatic N) is 1. The van der Waals surface area contributed by atoms with E-state index in [0.717, 1.165) is 0 Å². The number of benzene rings is 1. The lowest BCUT2D eigenvalue weighted by molar-refractivity contribution is -0.385. The van der Waals surface area contributed by atoms with Crippen molar-refractivity contribution in [2.75, 3.05) is 6.61 Å². The molecule has 82 valence electrons. The molecule has 5 nitrogen and oxygen atoms in total. The molecule has 0 bridgehead atoms. The van der Waals surface area contributed by atoms with Gasteiger partial charge in [-0.1, -0.05) is 15.9 Å². The zero-order valence-corrected chi connectivity index (χ0v) is 9.78. The molecule has 0 atom stereocenters. The Morgan fingerprint density at radius 1 is 1.60 bits per heavy atom. The van der Waals surface area contributed by atoms with E-state index >= 15 is 0 Å². The summed E-state index contributed by atoms with van der Waals surface area (Å²) >= 11 is 3.19. The molecule has 0 aliphatic carbocycles. The monoisotopic (exact) mass is 274 g/mol. The fourth-order valence-corrected chi connectivity index (χ4v) is 1.44. The Labute approximate surface area is 95.7 Å². The second-order valence-corrected chi connectivity index (χ2v) is 3.70. The minimum Gasteiger partial charge on any atom is -0.302 e. The van der Waals surface area contributed by atoms with E-state index in [1.807, 2.05) is 6.92 Å². The first-order valence-corrected chi connectivity index (χ1v) is 5.22. The van der Waals surface area contributed by atoms with Crippen LogP contribution in [0.5, 0.6) is 0 Å². The Hall–Kier alpha value is -0.980. The molecule has 0 saturated heterocycles. The number of hydroxylamine groups is 1. The SMILES string of the molecule is CCONCc1ccc(Br)cc1[N+](=O)[O-]. The third kappa shape index (κ3) is 3.58. The molecule has 0 amide bonds. The third-order valence-corrected chi connectivity index (χ3v) is 2.25. The first-order valence-electron chi connectivity index (χ1n) is 4.42. The highest BCUT2D eigenvalue weighted by Crippen LogP contribution is 2.23. The van der Waals surface area contributed by atoms with Crippen LogP contribution < -0.4 is 5.48 Å². The van der Waals surface area contributed by atoms with Gasteiger partial charge in [-0.05, 0) is 19.1 Å². The van der Waals surface area contributed by atoms with E-state index in [1.165, 1.54) is 6.07 Å². The number of nitro benzene ring substituents is 1. The largest absolute Gasteiger partial charge is 0.302 e. The van der Waals surface area contributed by atoms with Gasteiger partial charge < -0.3 is 4.84 Å². The van der Waals surface area contributed by atoms with E-state index in [9.17, 15) is 10.1 Å². The highest BCUT2D eigenvalue weighted by atomic mass is 79.9. The maximum Gasteiger partial charge on any atom is 0.275 e. The van der Waals surface area contributed by atoms with Crippen LogP contribution in [0.2, 0.25) is 0 Å². The van der Waals surface area contributed by atoms with E-state index in [-0.39, 0.29) is 5.69 Å². The summed E-state index contributed by atoms with van der Waals surface area (Å²) < 4.78 is 0.689. The van der Waals surface area contributed by atoms with Crippen molar-refractivity contribution in [2.45, 2.75) is 13.5 Å². The summed E-state index contributed by atoms with van der Waals surface area (Å²) in [5, 5.41) is 10.7. The molecule has 0 aliphatic rings. The molecule has 0 spiro atoms. The Morgan fingerprint density at radius 2 is 2.33 bits per heavy atom. The topological polar surface area (TPSA) is 64.4 Å². The summed E-state index contributed by atoms with van der Waals surface area (Å²) in [6, 6.07) is 4.92. The van der Waals surface area contributed by atoms with Crippen LogP contribution in [0.4, 0.5) is 5.69 Å². The Morgan fingerprint density at radius 3 is 2.93 bits per heavy atom. The zero-order chi connectivity index (χ0) is 11.3. The Balaban J connectivity index is 2.81. The number of nitro groups is 1. The van der Waals surface area contributed by atoms with Gasteiger partial charge in [-0.25, -0.2) is 0 Å². The number of hydrogen-bond donors (Lipinski definition) is 1. The van der Waals surface area contributed by atoms with Gasteiger partial charge in [0.25, 0.3) is 5.69 Å². The van der Waals surface area contributed by atoms with Crippen LogP contribution in [0.1, 0.15) is 12.5 Å². The summed E-state index contributed by atoms with van der Waals surface area (Å²) in [7, 11) is 0.